The summed E-state index contributed by atoms with van der Waals surface area (Å²) in [4.78, 5) is 30.4. The largest absolute Gasteiger partial charge is 0.358 e. The number of pyridine rings is 1. The number of hydrogen-bond acceptors (Lipinski definition) is 6. The van der Waals surface area contributed by atoms with Crippen molar-refractivity contribution in [3.05, 3.63) is 77.7 Å². The van der Waals surface area contributed by atoms with Crippen LogP contribution in [0.4, 0.5) is 0 Å². The Balaban J connectivity index is 1.27. The number of aromatic amines is 1. The first-order valence-corrected chi connectivity index (χ1v) is 11.5. The molecule has 1 N–H and O–H groups in total. The van der Waals surface area contributed by atoms with Gasteiger partial charge in [0.2, 0.25) is 12.1 Å². The van der Waals surface area contributed by atoms with E-state index in [0.717, 1.165) is 58.0 Å². The molecule has 0 bridgehead atoms. The Bertz CT molecular complexity index is 1750. The maximum atomic E-state index is 11.3. The zero-order chi connectivity index (χ0) is 23.4. The van der Waals surface area contributed by atoms with E-state index < -0.39 is 0 Å². The highest BCUT2D eigenvalue weighted by Gasteiger charge is 2.20. The van der Waals surface area contributed by atoms with Crippen LogP contribution < -0.4 is 0 Å². The van der Waals surface area contributed by atoms with Gasteiger partial charge in [0.15, 0.2) is 5.65 Å². The van der Waals surface area contributed by atoms with E-state index in [9.17, 15) is 4.79 Å². The minimum absolute atomic E-state index is 0.512. The number of amides is 1. The van der Waals surface area contributed by atoms with E-state index in [-0.39, 0.29) is 0 Å². The fraction of sp³-hybridized carbons (Fsp3) is 0.154. The van der Waals surface area contributed by atoms with Crippen molar-refractivity contribution in [3.63, 3.8) is 0 Å². The summed E-state index contributed by atoms with van der Waals surface area (Å²) in [5.74, 6) is 0. The first-order valence-electron chi connectivity index (χ1n) is 11.5. The van der Waals surface area contributed by atoms with E-state index in [1.54, 1.807) is 22.0 Å². The lowest BCUT2D eigenvalue weighted by atomic mass is 10.0. The maximum Gasteiger partial charge on any atom is 0.221 e. The molecule has 170 valence electrons. The second kappa shape index (κ2) is 7.69. The smallest absolute Gasteiger partial charge is 0.221 e. The van der Waals surface area contributed by atoms with Crippen LogP contribution in [0, 0.1) is 0 Å². The molecule has 5 heterocycles. The molecule has 0 saturated heterocycles. The molecule has 2 aromatic carbocycles. The number of nitrogens with one attached hydrogen (secondary N) is 1. The summed E-state index contributed by atoms with van der Waals surface area (Å²) in [6.45, 7) is 1.89. The summed E-state index contributed by atoms with van der Waals surface area (Å²) >= 11 is 0. The summed E-state index contributed by atoms with van der Waals surface area (Å²) in [5, 5.41) is 10.7. The summed E-state index contributed by atoms with van der Waals surface area (Å²) in [5.41, 5.74) is 8.35. The van der Waals surface area contributed by atoms with Gasteiger partial charge in [-0.3, -0.25) is 9.78 Å². The number of aromatic nitrogens is 7. The standard InChI is InChI=1S/C26H20N8O/c35-15-33-9-7-23-20(14-33)19-11-18(4-6-22(19)29-23)24-12-28-25-26(30-24)34(32-31-25)13-16-3-5-21-17(10-16)2-1-8-27-21/h1-6,8,10-12,15,29H,7,9,13-14H2. The van der Waals surface area contributed by atoms with Crippen molar-refractivity contribution in [2.24, 2.45) is 0 Å². The second-order valence-corrected chi connectivity index (χ2v) is 8.85. The summed E-state index contributed by atoms with van der Waals surface area (Å²) in [6.07, 6.45) is 5.29. The Morgan fingerprint density at radius 1 is 1.09 bits per heavy atom. The van der Waals surface area contributed by atoms with Crippen molar-refractivity contribution in [3.8, 4) is 11.3 Å². The van der Waals surface area contributed by atoms with Crippen LogP contribution in [-0.4, -0.2) is 52.8 Å². The number of benzene rings is 2. The molecular weight excluding hydrogens is 440 g/mol. The maximum absolute atomic E-state index is 11.3. The zero-order valence-electron chi connectivity index (χ0n) is 18.7. The third-order valence-corrected chi connectivity index (χ3v) is 6.68. The molecule has 9 heteroatoms. The average Bonchev–Trinajstić information content (AvgIpc) is 3.48. The molecule has 0 radical (unpaired) electrons. The van der Waals surface area contributed by atoms with Crippen molar-refractivity contribution in [2.45, 2.75) is 19.5 Å². The van der Waals surface area contributed by atoms with E-state index >= 15 is 0 Å². The number of nitrogens with zero attached hydrogens (tertiary/aromatic N) is 7. The third kappa shape index (κ3) is 3.31. The van der Waals surface area contributed by atoms with Gasteiger partial charge in [0.05, 0.1) is 24.0 Å². The number of hydrogen-bond donors (Lipinski definition) is 1. The fourth-order valence-corrected chi connectivity index (χ4v) is 4.88. The van der Waals surface area contributed by atoms with Gasteiger partial charge in [-0.05, 0) is 35.9 Å². The Labute approximate surface area is 199 Å². The predicted molar refractivity (Wildman–Crippen MR) is 131 cm³/mol. The van der Waals surface area contributed by atoms with Gasteiger partial charge in [-0.1, -0.05) is 23.4 Å². The molecule has 7 rings (SSSR count). The monoisotopic (exact) mass is 460 g/mol. The minimum Gasteiger partial charge on any atom is -0.358 e. The van der Waals surface area contributed by atoms with Gasteiger partial charge >= 0.3 is 0 Å². The first kappa shape index (κ1) is 19.8. The predicted octanol–water partition coefficient (Wildman–Crippen LogP) is 3.48. The lowest BCUT2D eigenvalue weighted by Crippen LogP contribution is -2.28. The molecule has 6 aromatic rings. The lowest BCUT2D eigenvalue weighted by molar-refractivity contribution is -0.118. The van der Waals surface area contributed by atoms with E-state index in [2.05, 4.69) is 43.5 Å². The van der Waals surface area contributed by atoms with Crippen LogP contribution in [0.2, 0.25) is 0 Å². The Morgan fingerprint density at radius 2 is 2.06 bits per heavy atom. The fourth-order valence-electron chi connectivity index (χ4n) is 4.88. The lowest BCUT2D eigenvalue weighted by Gasteiger charge is -2.22. The van der Waals surface area contributed by atoms with E-state index in [4.69, 9.17) is 4.98 Å². The highest BCUT2D eigenvalue weighted by Crippen LogP contribution is 2.31. The van der Waals surface area contributed by atoms with Gasteiger partial charge in [0.1, 0.15) is 0 Å². The molecule has 0 fully saturated rings. The zero-order valence-corrected chi connectivity index (χ0v) is 18.7. The SMILES string of the molecule is O=CN1CCc2[nH]c3ccc(-c4cnc5nnn(Cc6ccc7ncccc7c6)c5n4)cc3c2C1. The molecule has 0 aliphatic carbocycles. The van der Waals surface area contributed by atoms with Crippen LogP contribution in [0.1, 0.15) is 16.8 Å². The van der Waals surface area contributed by atoms with E-state index in [0.29, 0.717) is 24.4 Å². The molecular formula is C26H20N8O. The molecule has 9 nitrogen and oxygen atoms in total. The normalized spacial score (nSPS) is 13.5. The van der Waals surface area contributed by atoms with Gasteiger partial charge in [-0.25, -0.2) is 14.6 Å². The number of carbonyl (C=O) groups excluding carboxylic acids is 1. The second-order valence-electron chi connectivity index (χ2n) is 8.85. The highest BCUT2D eigenvalue weighted by molar-refractivity contribution is 5.89. The quantitative estimate of drug-likeness (QED) is 0.404. The van der Waals surface area contributed by atoms with Crippen molar-refractivity contribution in [1.82, 2.24) is 39.8 Å². The molecule has 0 spiro atoms. The molecule has 35 heavy (non-hydrogen) atoms. The van der Waals surface area contributed by atoms with Crippen LogP contribution in [0.25, 0.3) is 44.4 Å². The van der Waals surface area contributed by atoms with Crippen LogP contribution in [0.5, 0.6) is 0 Å². The van der Waals surface area contributed by atoms with Crippen LogP contribution in [0.3, 0.4) is 0 Å². The van der Waals surface area contributed by atoms with Gasteiger partial charge in [-0.2, -0.15) is 0 Å². The molecule has 1 aliphatic rings. The molecule has 4 aromatic heterocycles. The average molecular weight is 461 g/mol. The molecule has 0 unspecified atom stereocenters. The van der Waals surface area contributed by atoms with Crippen LogP contribution in [0.15, 0.2) is 60.9 Å². The third-order valence-electron chi connectivity index (χ3n) is 6.68. The molecule has 1 amide bonds. The van der Waals surface area contributed by atoms with Crippen molar-refractivity contribution >= 4 is 39.5 Å². The number of H-pyrrole nitrogens is 1. The van der Waals surface area contributed by atoms with Crippen LogP contribution in [-0.2, 0) is 24.3 Å². The van der Waals surface area contributed by atoms with Gasteiger partial charge in [0, 0.05) is 58.8 Å². The number of fused-ring (bicyclic) bond motifs is 5. The first-order chi connectivity index (χ1) is 17.2. The van der Waals surface area contributed by atoms with Crippen molar-refractivity contribution in [2.75, 3.05) is 6.54 Å². The number of rotatable bonds is 4. The van der Waals surface area contributed by atoms with Gasteiger partial charge in [-0.15, -0.1) is 5.10 Å². The summed E-state index contributed by atoms with van der Waals surface area (Å²) in [7, 11) is 0. The molecule has 0 atom stereocenters. The number of carbonyl (C=O) groups is 1. The van der Waals surface area contributed by atoms with Crippen molar-refractivity contribution < 1.29 is 4.79 Å². The van der Waals surface area contributed by atoms with Crippen molar-refractivity contribution in [1.29, 1.82) is 0 Å². The van der Waals surface area contributed by atoms with Crippen LogP contribution >= 0.6 is 0 Å². The highest BCUT2D eigenvalue weighted by atomic mass is 16.1. The van der Waals surface area contributed by atoms with Gasteiger partial charge in [0.25, 0.3) is 0 Å². The minimum atomic E-state index is 0.512. The summed E-state index contributed by atoms with van der Waals surface area (Å²) < 4.78 is 1.78. The van der Waals surface area contributed by atoms with E-state index in [1.165, 1.54) is 11.3 Å². The Hall–Kier alpha value is -4.66. The summed E-state index contributed by atoms with van der Waals surface area (Å²) in [6, 6.07) is 16.4. The van der Waals surface area contributed by atoms with E-state index in [1.807, 2.05) is 30.3 Å². The molecule has 1 aliphatic heterocycles. The Morgan fingerprint density at radius 3 is 3.00 bits per heavy atom. The Kier molecular flexibility index (Phi) is 4.35. The van der Waals surface area contributed by atoms with Gasteiger partial charge < -0.3 is 9.88 Å². The topological polar surface area (TPSA) is 105 Å². The molecule has 0 saturated carbocycles.